The van der Waals surface area contributed by atoms with Gasteiger partial charge in [0.2, 0.25) is 5.91 Å². The number of benzene rings is 1. The van der Waals surface area contributed by atoms with E-state index in [4.69, 9.17) is 10.5 Å². The topological polar surface area (TPSA) is 74.3 Å². The Morgan fingerprint density at radius 1 is 1.39 bits per heavy atom. The average molecular weight is 246 g/mol. The molecule has 0 bridgehead atoms. The van der Waals surface area contributed by atoms with Crippen molar-refractivity contribution in [3.8, 4) is 5.75 Å². The fourth-order valence-electron chi connectivity index (χ4n) is 1.85. The largest absolute Gasteiger partial charge is 0.494 e. The first-order chi connectivity index (χ1) is 8.61. The monoisotopic (exact) mass is 246 g/mol. The lowest BCUT2D eigenvalue weighted by molar-refractivity contribution is -0.118. The number of primary amides is 1. The number of hydrogen-bond donors (Lipinski definition) is 1. The van der Waals surface area contributed by atoms with Gasteiger partial charge in [-0.05, 0) is 25.1 Å². The summed E-state index contributed by atoms with van der Waals surface area (Å²) in [5.41, 5.74) is 5.74. The maximum absolute atomic E-state index is 11.8. The molecule has 5 nitrogen and oxygen atoms in total. The lowest BCUT2D eigenvalue weighted by Crippen LogP contribution is -2.20. The summed E-state index contributed by atoms with van der Waals surface area (Å²) < 4.78 is 7.00. The van der Waals surface area contributed by atoms with Crippen molar-refractivity contribution in [1.29, 1.82) is 0 Å². The van der Waals surface area contributed by atoms with Crippen molar-refractivity contribution in [2.24, 2.45) is 5.73 Å². The molecule has 18 heavy (non-hydrogen) atoms. The van der Waals surface area contributed by atoms with Gasteiger partial charge < -0.3 is 15.0 Å². The maximum atomic E-state index is 11.8. The van der Waals surface area contributed by atoms with E-state index in [1.807, 2.05) is 6.92 Å². The molecule has 1 heterocycles. The van der Waals surface area contributed by atoms with E-state index in [2.05, 4.69) is 0 Å². The lowest BCUT2D eigenvalue weighted by Gasteiger charge is -2.10. The van der Waals surface area contributed by atoms with Crippen LogP contribution >= 0.6 is 0 Å². The number of nitrogens with two attached hydrogens (primary N) is 1. The molecule has 0 aliphatic rings. The van der Waals surface area contributed by atoms with Gasteiger partial charge in [0.1, 0.15) is 12.3 Å². The predicted octanol–water partition coefficient (Wildman–Crippen LogP) is 0.885. The van der Waals surface area contributed by atoms with Crippen LogP contribution in [0.1, 0.15) is 6.92 Å². The third-order valence-electron chi connectivity index (χ3n) is 2.59. The van der Waals surface area contributed by atoms with Crippen molar-refractivity contribution in [1.82, 2.24) is 4.57 Å². The van der Waals surface area contributed by atoms with Gasteiger partial charge in [-0.25, -0.2) is 0 Å². The number of ether oxygens (including phenoxy) is 1. The highest BCUT2D eigenvalue weighted by Crippen LogP contribution is 2.18. The van der Waals surface area contributed by atoms with E-state index in [1.165, 1.54) is 6.07 Å². The minimum Gasteiger partial charge on any atom is -0.494 e. The highest BCUT2D eigenvalue weighted by molar-refractivity contribution is 5.82. The molecule has 2 rings (SSSR count). The van der Waals surface area contributed by atoms with Crippen LogP contribution in [0.3, 0.4) is 0 Å². The molecule has 2 aromatic rings. The van der Waals surface area contributed by atoms with Gasteiger partial charge in [-0.15, -0.1) is 0 Å². The first-order valence-corrected chi connectivity index (χ1v) is 5.66. The molecule has 2 N–H and O–H groups in total. The van der Waals surface area contributed by atoms with E-state index in [0.29, 0.717) is 23.3 Å². The van der Waals surface area contributed by atoms with Gasteiger partial charge >= 0.3 is 0 Å². The summed E-state index contributed by atoms with van der Waals surface area (Å²) in [6.45, 7) is 2.46. The summed E-state index contributed by atoms with van der Waals surface area (Å²) >= 11 is 0. The molecule has 1 aromatic carbocycles. The minimum absolute atomic E-state index is 0.0464. The predicted molar refractivity (Wildman–Crippen MR) is 68.6 cm³/mol. The Hall–Kier alpha value is -2.30. The molecule has 1 aromatic heterocycles. The standard InChI is InChI=1S/C13H14N2O3/c1-2-18-9-3-4-11-10(7-9)12(16)5-6-15(11)8-13(14)17/h3-7H,2,8H2,1H3,(H2,14,17). The third-order valence-corrected chi connectivity index (χ3v) is 2.59. The average Bonchev–Trinajstić information content (AvgIpc) is 2.33. The SMILES string of the molecule is CCOc1ccc2c(c1)c(=O)ccn2CC(N)=O. The molecular weight excluding hydrogens is 232 g/mol. The number of carbonyl (C=O) groups excluding carboxylic acids is 1. The molecule has 0 unspecified atom stereocenters. The Kier molecular flexibility index (Phi) is 3.32. The fraction of sp³-hybridized carbons (Fsp3) is 0.231. The highest BCUT2D eigenvalue weighted by Gasteiger charge is 2.06. The zero-order chi connectivity index (χ0) is 13.1. The van der Waals surface area contributed by atoms with Gasteiger partial charge in [-0.3, -0.25) is 9.59 Å². The number of pyridine rings is 1. The van der Waals surface area contributed by atoms with Crippen molar-refractivity contribution in [3.05, 3.63) is 40.7 Å². The molecule has 0 saturated carbocycles. The first kappa shape index (κ1) is 12.2. The van der Waals surface area contributed by atoms with Crippen molar-refractivity contribution in [3.63, 3.8) is 0 Å². The van der Waals surface area contributed by atoms with Crippen molar-refractivity contribution < 1.29 is 9.53 Å². The molecule has 0 saturated heterocycles. The van der Waals surface area contributed by atoms with Crippen molar-refractivity contribution >= 4 is 16.8 Å². The van der Waals surface area contributed by atoms with E-state index < -0.39 is 5.91 Å². The van der Waals surface area contributed by atoms with Gasteiger partial charge in [-0.1, -0.05) is 0 Å². The van der Waals surface area contributed by atoms with Crippen LogP contribution in [0.15, 0.2) is 35.3 Å². The summed E-state index contributed by atoms with van der Waals surface area (Å²) in [5, 5.41) is 0.518. The molecule has 94 valence electrons. The van der Waals surface area contributed by atoms with Crippen LogP contribution in [0.4, 0.5) is 0 Å². The zero-order valence-corrected chi connectivity index (χ0v) is 10.1. The Labute approximate surface area is 104 Å². The van der Waals surface area contributed by atoms with E-state index >= 15 is 0 Å². The van der Waals surface area contributed by atoms with E-state index in [0.717, 1.165) is 0 Å². The summed E-state index contributed by atoms with van der Waals surface area (Å²) in [7, 11) is 0. The number of hydrogen-bond acceptors (Lipinski definition) is 3. The van der Waals surface area contributed by atoms with Crippen molar-refractivity contribution in [2.45, 2.75) is 13.5 Å². The van der Waals surface area contributed by atoms with Gasteiger partial charge in [0.25, 0.3) is 0 Å². The van der Waals surface area contributed by atoms with Gasteiger partial charge in [0.15, 0.2) is 5.43 Å². The summed E-state index contributed by atoms with van der Waals surface area (Å²) in [4.78, 5) is 22.8. The number of rotatable bonds is 4. The molecule has 5 heteroatoms. The smallest absolute Gasteiger partial charge is 0.237 e. The second kappa shape index (κ2) is 4.91. The quantitative estimate of drug-likeness (QED) is 0.870. The van der Waals surface area contributed by atoms with Crippen LogP contribution in [0.5, 0.6) is 5.75 Å². The van der Waals surface area contributed by atoms with Crippen LogP contribution in [-0.2, 0) is 11.3 Å². The van der Waals surface area contributed by atoms with Gasteiger partial charge in [-0.2, -0.15) is 0 Å². The molecule has 0 aliphatic heterocycles. The minimum atomic E-state index is -0.450. The van der Waals surface area contributed by atoms with E-state index in [1.54, 1.807) is 29.0 Å². The van der Waals surface area contributed by atoms with Crippen LogP contribution in [0.2, 0.25) is 0 Å². The molecule has 0 aliphatic carbocycles. The van der Waals surface area contributed by atoms with Gasteiger partial charge in [0.05, 0.1) is 12.1 Å². The number of fused-ring (bicyclic) bond motifs is 1. The number of carbonyl (C=O) groups is 1. The van der Waals surface area contributed by atoms with Crippen LogP contribution < -0.4 is 15.9 Å². The zero-order valence-electron chi connectivity index (χ0n) is 10.1. The summed E-state index contributed by atoms with van der Waals surface area (Å²) in [5.74, 6) is 0.188. The molecule has 0 fully saturated rings. The van der Waals surface area contributed by atoms with E-state index in [9.17, 15) is 9.59 Å². The maximum Gasteiger partial charge on any atom is 0.237 e. The third kappa shape index (κ3) is 2.34. The molecule has 0 radical (unpaired) electrons. The van der Waals surface area contributed by atoms with Crippen LogP contribution in [-0.4, -0.2) is 17.1 Å². The lowest BCUT2D eigenvalue weighted by atomic mass is 10.2. The number of amides is 1. The second-order valence-electron chi connectivity index (χ2n) is 3.89. The Morgan fingerprint density at radius 3 is 2.83 bits per heavy atom. The highest BCUT2D eigenvalue weighted by atomic mass is 16.5. The van der Waals surface area contributed by atoms with Crippen molar-refractivity contribution in [2.75, 3.05) is 6.61 Å². The Morgan fingerprint density at radius 2 is 2.17 bits per heavy atom. The summed E-state index contributed by atoms with van der Waals surface area (Å²) in [6.07, 6.45) is 1.57. The Bertz CT molecular complexity index is 646. The van der Waals surface area contributed by atoms with Crippen LogP contribution in [0.25, 0.3) is 10.9 Å². The molecule has 0 atom stereocenters. The molecule has 1 amide bonds. The number of nitrogens with zero attached hydrogens (tertiary/aromatic N) is 1. The molecule has 0 spiro atoms. The van der Waals surface area contributed by atoms with Gasteiger partial charge in [0, 0.05) is 17.6 Å². The van der Waals surface area contributed by atoms with Crippen LogP contribution in [0, 0.1) is 0 Å². The molecular formula is C13H14N2O3. The first-order valence-electron chi connectivity index (χ1n) is 5.66. The fourth-order valence-corrected chi connectivity index (χ4v) is 1.85. The summed E-state index contributed by atoms with van der Waals surface area (Å²) in [6, 6.07) is 6.62. The normalized spacial score (nSPS) is 10.5. The Balaban J connectivity index is 2.60. The second-order valence-corrected chi connectivity index (χ2v) is 3.89. The number of aromatic nitrogens is 1. The van der Waals surface area contributed by atoms with E-state index in [-0.39, 0.29) is 12.0 Å².